The molecule has 1 aromatic heterocycles. The summed E-state index contributed by atoms with van der Waals surface area (Å²) in [4.78, 5) is 61.1. The molecule has 280 valence electrons. The normalized spacial score (nSPS) is 19.8. The zero-order chi connectivity index (χ0) is 37.8. The van der Waals surface area contributed by atoms with Crippen LogP contribution in [0.25, 0.3) is 10.9 Å². The van der Waals surface area contributed by atoms with Gasteiger partial charge in [-0.25, -0.2) is 0 Å². The van der Waals surface area contributed by atoms with Crippen LogP contribution in [0.4, 0.5) is 13.2 Å². The molecule has 0 saturated carbocycles. The summed E-state index contributed by atoms with van der Waals surface area (Å²) in [5.74, 6) is -2.79. The quantitative estimate of drug-likeness (QED) is 0.157. The van der Waals surface area contributed by atoms with Crippen molar-refractivity contribution in [3.05, 3.63) is 101 Å². The molecule has 3 heterocycles. The highest BCUT2D eigenvalue weighted by Crippen LogP contribution is 2.37. The predicted molar refractivity (Wildman–Crippen MR) is 193 cm³/mol. The van der Waals surface area contributed by atoms with Gasteiger partial charge in [0.2, 0.25) is 11.8 Å². The van der Waals surface area contributed by atoms with E-state index in [1.54, 1.807) is 35.2 Å². The summed E-state index contributed by atoms with van der Waals surface area (Å²) in [6.45, 7) is 1.02. The maximum Gasteiger partial charge on any atom is 0.573 e. The van der Waals surface area contributed by atoms with Gasteiger partial charge in [0.1, 0.15) is 17.6 Å². The Hall–Kier alpha value is -4.88. The van der Waals surface area contributed by atoms with Gasteiger partial charge in [0, 0.05) is 60.4 Å². The van der Waals surface area contributed by atoms with E-state index in [0.29, 0.717) is 30.8 Å². The summed E-state index contributed by atoms with van der Waals surface area (Å²) in [7, 11) is 1.71. The molecule has 0 spiro atoms. The smallest absolute Gasteiger partial charge is 0.406 e. The molecule has 3 aromatic carbocycles. The van der Waals surface area contributed by atoms with Crippen LogP contribution in [-0.2, 0) is 27.2 Å². The summed E-state index contributed by atoms with van der Waals surface area (Å²) >= 11 is 6.15. The standard InChI is InChI=1S/C39H41ClF3N5O5/c1-44-23-38(24-49,15-5-8-25-6-3-2-4-7-25)46-36(51)33-22-47(35(50)16-27-18-45-34-17-29(40)11-14-31(27)34)19-28-20-48(21-32(28)33)37(52)26-9-12-30(13-10-26)53-39(41,42)43/h2-4,6-7,9-14,17-18,24,28,32-33,44-45H,5,8,15-16,19-23H2,1H3,(H,46,51)/t28?,32?,33?,38-/m1/s1. The molecule has 6 rings (SSSR count). The second-order valence-electron chi connectivity index (χ2n) is 13.9. The van der Waals surface area contributed by atoms with Gasteiger partial charge in [0.25, 0.3) is 5.91 Å². The first-order valence-electron chi connectivity index (χ1n) is 17.5. The topological polar surface area (TPSA) is 124 Å². The Balaban J connectivity index is 1.22. The molecule has 2 saturated heterocycles. The Morgan fingerprint density at radius 2 is 1.72 bits per heavy atom. The van der Waals surface area contributed by atoms with Gasteiger partial charge in [0.15, 0.2) is 0 Å². The number of aldehydes is 1. The number of alkyl halides is 3. The molecule has 53 heavy (non-hydrogen) atoms. The first-order valence-corrected chi connectivity index (χ1v) is 17.9. The number of aryl methyl sites for hydroxylation is 1. The van der Waals surface area contributed by atoms with Crippen molar-refractivity contribution in [1.29, 1.82) is 0 Å². The molecule has 14 heteroatoms. The number of aromatic amines is 1. The first kappa shape index (κ1) is 37.9. The third-order valence-electron chi connectivity index (χ3n) is 10.3. The number of hydrogen-bond donors (Lipinski definition) is 3. The Labute approximate surface area is 310 Å². The minimum absolute atomic E-state index is 0.0693. The van der Waals surface area contributed by atoms with Crippen LogP contribution in [0.15, 0.2) is 79.0 Å². The molecule has 3 N–H and O–H groups in total. The third-order valence-corrected chi connectivity index (χ3v) is 10.5. The number of likely N-dealkylation sites (N-methyl/N-ethyl adjacent to an activating group) is 1. The number of nitrogens with one attached hydrogen (secondary N) is 3. The van der Waals surface area contributed by atoms with Gasteiger partial charge in [-0.3, -0.25) is 14.4 Å². The number of aromatic nitrogens is 1. The maximum absolute atomic E-state index is 14.4. The van der Waals surface area contributed by atoms with E-state index in [4.69, 9.17) is 11.6 Å². The van der Waals surface area contributed by atoms with E-state index < -0.39 is 29.5 Å². The van der Waals surface area contributed by atoms with Crippen LogP contribution in [0.5, 0.6) is 5.75 Å². The van der Waals surface area contributed by atoms with Crippen molar-refractivity contribution in [2.45, 2.75) is 37.6 Å². The number of likely N-dealkylation sites (tertiary alicyclic amines) is 2. The Bertz CT molecular complexity index is 1940. The fourth-order valence-corrected chi connectivity index (χ4v) is 7.89. The van der Waals surface area contributed by atoms with E-state index in [1.165, 1.54) is 12.1 Å². The lowest BCUT2D eigenvalue weighted by atomic mass is 9.78. The van der Waals surface area contributed by atoms with Crippen molar-refractivity contribution >= 4 is 46.5 Å². The van der Waals surface area contributed by atoms with E-state index in [0.717, 1.165) is 40.4 Å². The van der Waals surface area contributed by atoms with Crippen LogP contribution in [0.1, 0.15) is 34.3 Å². The monoisotopic (exact) mass is 751 g/mol. The maximum atomic E-state index is 14.4. The Morgan fingerprint density at radius 1 is 0.981 bits per heavy atom. The Kier molecular flexibility index (Phi) is 11.4. The lowest BCUT2D eigenvalue weighted by Gasteiger charge is -2.41. The second-order valence-corrected chi connectivity index (χ2v) is 14.4. The lowest BCUT2D eigenvalue weighted by Crippen LogP contribution is -2.60. The molecule has 4 aromatic rings. The summed E-state index contributed by atoms with van der Waals surface area (Å²) in [6.07, 6.45) is -0.528. The van der Waals surface area contributed by atoms with Gasteiger partial charge in [-0.1, -0.05) is 48.0 Å². The first-order chi connectivity index (χ1) is 25.4. The van der Waals surface area contributed by atoms with E-state index in [1.807, 2.05) is 36.4 Å². The average Bonchev–Trinajstić information content (AvgIpc) is 3.74. The number of hydrogen-bond acceptors (Lipinski definition) is 6. The molecular formula is C39H41ClF3N5O5. The number of fused-ring (bicyclic) bond motifs is 2. The zero-order valence-corrected chi connectivity index (χ0v) is 29.9. The largest absolute Gasteiger partial charge is 0.573 e. The summed E-state index contributed by atoms with van der Waals surface area (Å²) < 4.78 is 42.1. The van der Waals surface area contributed by atoms with E-state index >= 15 is 0 Å². The third kappa shape index (κ3) is 9.02. The molecule has 0 aliphatic carbocycles. The van der Waals surface area contributed by atoms with Crippen molar-refractivity contribution < 1.29 is 37.1 Å². The van der Waals surface area contributed by atoms with Crippen LogP contribution in [0.3, 0.4) is 0 Å². The fraction of sp³-hybridized carbons (Fsp3) is 0.385. The van der Waals surface area contributed by atoms with Crippen LogP contribution < -0.4 is 15.4 Å². The molecule has 2 fully saturated rings. The van der Waals surface area contributed by atoms with Crippen LogP contribution in [0, 0.1) is 17.8 Å². The van der Waals surface area contributed by atoms with Gasteiger partial charge in [0.05, 0.1) is 12.3 Å². The molecule has 2 aliphatic rings. The Morgan fingerprint density at radius 3 is 2.42 bits per heavy atom. The molecule has 3 amide bonds. The molecular weight excluding hydrogens is 711 g/mol. The van der Waals surface area contributed by atoms with Gasteiger partial charge in [-0.15, -0.1) is 13.2 Å². The number of ether oxygens (including phenoxy) is 1. The summed E-state index contributed by atoms with van der Waals surface area (Å²) in [5, 5.41) is 7.51. The van der Waals surface area contributed by atoms with Crippen molar-refractivity contribution in [1.82, 2.24) is 25.4 Å². The van der Waals surface area contributed by atoms with Crippen molar-refractivity contribution in [3.63, 3.8) is 0 Å². The number of H-pyrrole nitrogens is 1. The van der Waals surface area contributed by atoms with Crippen LogP contribution in [0.2, 0.25) is 5.02 Å². The van der Waals surface area contributed by atoms with E-state index in [2.05, 4.69) is 20.4 Å². The number of benzene rings is 3. The lowest BCUT2D eigenvalue weighted by molar-refractivity contribution is -0.274. The highest BCUT2D eigenvalue weighted by atomic mass is 35.5. The highest BCUT2D eigenvalue weighted by Gasteiger charge is 2.49. The molecule has 2 aliphatic heterocycles. The predicted octanol–water partition coefficient (Wildman–Crippen LogP) is 5.41. The average molecular weight is 752 g/mol. The molecule has 4 atom stereocenters. The van der Waals surface area contributed by atoms with E-state index in [-0.39, 0.29) is 61.8 Å². The minimum Gasteiger partial charge on any atom is -0.406 e. The molecule has 10 nitrogen and oxygen atoms in total. The van der Waals surface area contributed by atoms with Crippen LogP contribution >= 0.6 is 11.6 Å². The number of halogens is 4. The van der Waals surface area contributed by atoms with E-state index in [9.17, 15) is 32.3 Å². The molecule has 0 radical (unpaired) electrons. The number of nitrogens with zero attached hydrogens (tertiary/aromatic N) is 2. The number of carbonyl (C=O) groups is 4. The number of amides is 3. The van der Waals surface area contributed by atoms with Gasteiger partial charge < -0.3 is 34.9 Å². The van der Waals surface area contributed by atoms with Crippen LogP contribution in [-0.4, -0.2) is 90.5 Å². The van der Waals surface area contributed by atoms with Gasteiger partial charge in [-0.2, -0.15) is 0 Å². The minimum atomic E-state index is -4.87. The summed E-state index contributed by atoms with van der Waals surface area (Å²) in [6, 6.07) is 19.9. The SMILES string of the molecule is CNC[C@@](C=O)(CCCc1ccccc1)NC(=O)C1CN(C(=O)Cc2c[nH]c3cc(Cl)ccc23)CC2CN(C(=O)c3ccc(OC(F)(F)F)cc3)CC21. The molecule has 0 bridgehead atoms. The molecule has 3 unspecified atom stereocenters. The van der Waals surface area contributed by atoms with Crippen molar-refractivity contribution in [2.75, 3.05) is 39.8 Å². The highest BCUT2D eigenvalue weighted by molar-refractivity contribution is 6.31. The van der Waals surface area contributed by atoms with Gasteiger partial charge in [-0.05, 0) is 85.7 Å². The zero-order valence-electron chi connectivity index (χ0n) is 29.1. The summed E-state index contributed by atoms with van der Waals surface area (Å²) in [5.41, 5.74) is 1.64. The number of piperidine rings is 1. The fourth-order valence-electron chi connectivity index (χ4n) is 7.72. The number of rotatable bonds is 13. The second kappa shape index (κ2) is 16.0. The van der Waals surface area contributed by atoms with Crippen molar-refractivity contribution in [2.24, 2.45) is 17.8 Å². The van der Waals surface area contributed by atoms with Crippen molar-refractivity contribution in [3.8, 4) is 5.75 Å². The number of carbonyl (C=O) groups excluding carboxylic acids is 4. The van der Waals surface area contributed by atoms with Gasteiger partial charge >= 0.3 is 6.36 Å².